The minimum atomic E-state index is -1.01. The molecule has 1 aromatic carbocycles. The Morgan fingerprint density at radius 2 is 2.00 bits per heavy atom. The summed E-state index contributed by atoms with van der Waals surface area (Å²) in [5.41, 5.74) is 0.703. The van der Waals surface area contributed by atoms with Gasteiger partial charge in [-0.25, -0.2) is 9.59 Å². The van der Waals surface area contributed by atoms with E-state index in [0.29, 0.717) is 10.2 Å². The summed E-state index contributed by atoms with van der Waals surface area (Å²) in [6.07, 6.45) is 0. The van der Waals surface area contributed by atoms with Crippen molar-refractivity contribution in [2.45, 2.75) is 19.9 Å². The maximum absolute atomic E-state index is 11.8. The Bertz CT molecular complexity index is 474. The number of carbonyl (C=O) groups is 2. The molecule has 0 atom stereocenters. The Labute approximate surface area is 114 Å². The van der Waals surface area contributed by atoms with E-state index in [9.17, 15) is 9.59 Å². The van der Waals surface area contributed by atoms with Crippen LogP contribution in [0.15, 0.2) is 22.7 Å². The van der Waals surface area contributed by atoms with Crippen molar-refractivity contribution in [2.24, 2.45) is 0 Å². The van der Waals surface area contributed by atoms with Crippen LogP contribution in [0.3, 0.4) is 0 Å². The number of aromatic carboxylic acids is 1. The summed E-state index contributed by atoms with van der Waals surface area (Å²) in [4.78, 5) is 24.1. The number of carboxylic acid groups (broad SMARTS) is 1. The van der Waals surface area contributed by atoms with E-state index in [4.69, 9.17) is 5.11 Å². The van der Waals surface area contributed by atoms with Gasteiger partial charge in [-0.05, 0) is 48.0 Å². The fourth-order valence-corrected chi connectivity index (χ4v) is 1.67. The number of halogens is 1. The van der Waals surface area contributed by atoms with E-state index < -0.39 is 5.97 Å². The highest BCUT2D eigenvalue weighted by atomic mass is 79.9. The molecule has 0 saturated heterocycles. The summed E-state index contributed by atoms with van der Waals surface area (Å²) in [5.74, 6) is -1.01. The Balaban J connectivity index is 2.86. The van der Waals surface area contributed by atoms with Gasteiger partial charge < -0.3 is 15.3 Å². The molecule has 0 aliphatic rings. The van der Waals surface area contributed by atoms with E-state index in [2.05, 4.69) is 21.2 Å². The summed E-state index contributed by atoms with van der Waals surface area (Å²) in [5, 5.41) is 11.5. The highest BCUT2D eigenvalue weighted by Gasteiger charge is 2.14. The molecule has 6 heteroatoms. The molecule has 5 nitrogen and oxygen atoms in total. The lowest BCUT2D eigenvalue weighted by Crippen LogP contribution is -2.36. The first-order chi connectivity index (χ1) is 8.32. The van der Waals surface area contributed by atoms with Gasteiger partial charge in [0.25, 0.3) is 0 Å². The first-order valence-corrected chi connectivity index (χ1v) is 6.19. The average Bonchev–Trinajstić information content (AvgIpc) is 2.30. The smallest absolute Gasteiger partial charge is 0.335 e. The van der Waals surface area contributed by atoms with E-state index in [1.807, 2.05) is 13.8 Å². The number of hydrogen-bond donors (Lipinski definition) is 2. The van der Waals surface area contributed by atoms with Gasteiger partial charge in [0, 0.05) is 17.6 Å². The number of nitrogens with one attached hydrogen (secondary N) is 1. The molecule has 0 heterocycles. The lowest BCUT2D eigenvalue weighted by atomic mass is 10.2. The number of hydrogen-bond acceptors (Lipinski definition) is 2. The lowest BCUT2D eigenvalue weighted by Gasteiger charge is -2.22. The van der Waals surface area contributed by atoms with Crippen LogP contribution in [0, 0.1) is 0 Å². The number of rotatable bonds is 3. The summed E-state index contributed by atoms with van der Waals surface area (Å²) in [6.45, 7) is 3.81. The molecule has 0 aliphatic carbocycles. The number of amides is 2. The number of nitrogens with zero attached hydrogens (tertiary/aromatic N) is 1. The van der Waals surface area contributed by atoms with Crippen molar-refractivity contribution in [3.05, 3.63) is 28.2 Å². The zero-order valence-corrected chi connectivity index (χ0v) is 12.0. The minimum Gasteiger partial charge on any atom is -0.478 e. The van der Waals surface area contributed by atoms with Crippen LogP contribution in [0.5, 0.6) is 0 Å². The van der Waals surface area contributed by atoms with Crippen LogP contribution in [0.4, 0.5) is 10.5 Å². The van der Waals surface area contributed by atoms with Gasteiger partial charge in [0.15, 0.2) is 0 Å². The number of anilines is 1. The maximum atomic E-state index is 11.8. The SMILES string of the molecule is CC(C)N(C)C(=O)Nc1ccc(C(=O)O)cc1Br. The Morgan fingerprint density at radius 3 is 2.44 bits per heavy atom. The standard InChI is InChI=1S/C12H15BrN2O3/c1-7(2)15(3)12(18)14-10-5-4-8(11(16)17)6-9(10)13/h4-7H,1-3H3,(H,14,18)(H,16,17). The topological polar surface area (TPSA) is 69.6 Å². The second-order valence-electron chi connectivity index (χ2n) is 4.13. The second-order valence-corrected chi connectivity index (χ2v) is 4.99. The fraction of sp³-hybridized carbons (Fsp3) is 0.333. The highest BCUT2D eigenvalue weighted by molar-refractivity contribution is 9.10. The van der Waals surface area contributed by atoms with Crippen molar-refractivity contribution >= 4 is 33.6 Å². The molecule has 18 heavy (non-hydrogen) atoms. The number of benzene rings is 1. The molecule has 98 valence electrons. The van der Waals surface area contributed by atoms with E-state index >= 15 is 0 Å². The first-order valence-electron chi connectivity index (χ1n) is 5.39. The molecule has 0 spiro atoms. The van der Waals surface area contributed by atoms with Crippen molar-refractivity contribution in [3.63, 3.8) is 0 Å². The molecular formula is C12H15BrN2O3. The average molecular weight is 315 g/mol. The molecule has 2 amide bonds. The predicted molar refractivity (Wildman–Crippen MR) is 73.0 cm³/mol. The maximum Gasteiger partial charge on any atom is 0.335 e. The molecule has 1 aromatic rings. The van der Waals surface area contributed by atoms with Crippen LogP contribution in [-0.4, -0.2) is 35.1 Å². The highest BCUT2D eigenvalue weighted by Crippen LogP contribution is 2.24. The summed E-state index contributed by atoms with van der Waals surface area (Å²) in [7, 11) is 1.69. The van der Waals surface area contributed by atoms with Gasteiger partial charge in [-0.2, -0.15) is 0 Å². The van der Waals surface area contributed by atoms with Crippen LogP contribution < -0.4 is 5.32 Å². The van der Waals surface area contributed by atoms with Crippen molar-refractivity contribution in [3.8, 4) is 0 Å². The van der Waals surface area contributed by atoms with E-state index in [1.54, 1.807) is 18.0 Å². The van der Waals surface area contributed by atoms with Crippen LogP contribution in [0.1, 0.15) is 24.2 Å². The van der Waals surface area contributed by atoms with Gasteiger partial charge >= 0.3 is 12.0 Å². The zero-order chi connectivity index (χ0) is 13.9. The molecule has 0 saturated carbocycles. The van der Waals surface area contributed by atoms with Crippen molar-refractivity contribution in [1.82, 2.24) is 4.90 Å². The largest absolute Gasteiger partial charge is 0.478 e. The third-order valence-corrected chi connectivity index (χ3v) is 3.21. The first kappa shape index (κ1) is 14.5. The van der Waals surface area contributed by atoms with E-state index in [-0.39, 0.29) is 17.6 Å². The van der Waals surface area contributed by atoms with E-state index in [0.717, 1.165) is 0 Å². The molecule has 2 N–H and O–H groups in total. The van der Waals surface area contributed by atoms with Gasteiger partial charge in [0.05, 0.1) is 11.3 Å². The monoisotopic (exact) mass is 314 g/mol. The minimum absolute atomic E-state index is 0.0852. The van der Waals surface area contributed by atoms with Gasteiger partial charge in [-0.1, -0.05) is 0 Å². The quantitative estimate of drug-likeness (QED) is 0.901. The molecule has 0 unspecified atom stereocenters. The molecule has 0 aliphatic heterocycles. The zero-order valence-electron chi connectivity index (χ0n) is 10.4. The molecule has 1 rings (SSSR count). The molecule has 0 radical (unpaired) electrons. The van der Waals surface area contributed by atoms with Gasteiger partial charge in [-0.3, -0.25) is 0 Å². The van der Waals surface area contributed by atoms with Crippen LogP contribution in [-0.2, 0) is 0 Å². The van der Waals surface area contributed by atoms with Crippen LogP contribution in [0.25, 0.3) is 0 Å². The number of carbonyl (C=O) groups excluding carboxylic acids is 1. The Kier molecular flexibility index (Phi) is 4.72. The van der Waals surface area contributed by atoms with Crippen LogP contribution >= 0.6 is 15.9 Å². The Morgan fingerprint density at radius 1 is 1.39 bits per heavy atom. The summed E-state index contributed by atoms with van der Waals surface area (Å²) < 4.78 is 0.535. The van der Waals surface area contributed by atoms with Gasteiger partial charge in [0.2, 0.25) is 0 Å². The molecular weight excluding hydrogens is 300 g/mol. The van der Waals surface area contributed by atoms with Crippen molar-refractivity contribution in [1.29, 1.82) is 0 Å². The van der Waals surface area contributed by atoms with Crippen molar-refractivity contribution in [2.75, 3.05) is 12.4 Å². The van der Waals surface area contributed by atoms with Crippen LogP contribution in [0.2, 0.25) is 0 Å². The van der Waals surface area contributed by atoms with Crippen molar-refractivity contribution < 1.29 is 14.7 Å². The molecule has 0 fully saturated rings. The van der Waals surface area contributed by atoms with E-state index in [1.165, 1.54) is 12.1 Å². The second kappa shape index (κ2) is 5.86. The summed E-state index contributed by atoms with van der Waals surface area (Å²) >= 11 is 3.23. The summed E-state index contributed by atoms with van der Waals surface area (Å²) in [6, 6.07) is 4.29. The third-order valence-electron chi connectivity index (χ3n) is 2.55. The Hall–Kier alpha value is -1.56. The third kappa shape index (κ3) is 3.46. The molecule has 0 bridgehead atoms. The fourth-order valence-electron chi connectivity index (χ4n) is 1.19. The lowest BCUT2D eigenvalue weighted by molar-refractivity contribution is 0.0697. The predicted octanol–water partition coefficient (Wildman–Crippen LogP) is 3.02. The number of carboxylic acids is 1. The normalized spacial score (nSPS) is 10.3. The number of urea groups is 1. The molecule has 0 aromatic heterocycles. The van der Waals surface area contributed by atoms with Gasteiger partial charge in [-0.15, -0.1) is 0 Å². The van der Waals surface area contributed by atoms with Gasteiger partial charge in [0.1, 0.15) is 0 Å².